The number of halogens is 3. The van der Waals surface area contributed by atoms with Crippen molar-refractivity contribution in [3.8, 4) is 5.75 Å². The van der Waals surface area contributed by atoms with Crippen molar-refractivity contribution in [3.63, 3.8) is 0 Å². The van der Waals surface area contributed by atoms with Crippen LogP contribution < -0.4 is 4.74 Å². The van der Waals surface area contributed by atoms with E-state index in [1.807, 2.05) is 0 Å². The van der Waals surface area contributed by atoms with Gasteiger partial charge in [-0.3, -0.25) is 4.90 Å². The molecule has 1 fully saturated rings. The van der Waals surface area contributed by atoms with Crippen LogP contribution in [-0.2, 0) is 22.3 Å². The zero-order chi connectivity index (χ0) is 16.3. The fraction of sp³-hybridized carbons (Fsp3) is 0.500. The van der Waals surface area contributed by atoms with Gasteiger partial charge in [-0.1, -0.05) is 0 Å². The van der Waals surface area contributed by atoms with E-state index in [9.17, 15) is 18.0 Å². The number of carboxylic acids is 1. The van der Waals surface area contributed by atoms with Gasteiger partial charge in [0.15, 0.2) is 6.10 Å². The van der Waals surface area contributed by atoms with Crippen LogP contribution in [0.3, 0.4) is 0 Å². The summed E-state index contributed by atoms with van der Waals surface area (Å²) in [5.74, 6) is -0.959. The van der Waals surface area contributed by atoms with Crippen LogP contribution in [0, 0.1) is 0 Å². The Morgan fingerprint density at radius 2 is 2.18 bits per heavy atom. The predicted octanol–water partition coefficient (Wildman–Crippen LogP) is 2.00. The molecule has 0 radical (unpaired) electrons. The average Bonchev–Trinajstić information content (AvgIpc) is 2.46. The first-order chi connectivity index (χ1) is 10.3. The highest BCUT2D eigenvalue weighted by atomic mass is 19.4. The van der Waals surface area contributed by atoms with Crippen LogP contribution in [0.5, 0.6) is 5.75 Å². The van der Waals surface area contributed by atoms with Crippen LogP contribution >= 0.6 is 0 Å². The minimum atomic E-state index is -4.46. The normalized spacial score (nSPS) is 19.9. The van der Waals surface area contributed by atoms with Crippen molar-refractivity contribution in [2.75, 3.05) is 26.8 Å². The van der Waals surface area contributed by atoms with Gasteiger partial charge in [-0.15, -0.1) is 0 Å². The number of ether oxygens (including phenoxy) is 2. The third-order valence-electron chi connectivity index (χ3n) is 3.36. The second kappa shape index (κ2) is 6.53. The van der Waals surface area contributed by atoms with Gasteiger partial charge >= 0.3 is 12.1 Å². The minimum absolute atomic E-state index is 0.118. The van der Waals surface area contributed by atoms with E-state index in [0.29, 0.717) is 12.1 Å². The van der Waals surface area contributed by atoms with Crippen molar-refractivity contribution >= 4 is 5.97 Å². The molecule has 0 bridgehead atoms. The molecule has 2 rings (SSSR count). The molecule has 1 aromatic carbocycles. The van der Waals surface area contributed by atoms with Gasteiger partial charge in [0.1, 0.15) is 5.75 Å². The number of rotatable bonds is 4. The third-order valence-corrected chi connectivity index (χ3v) is 3.36. The molecule has 22 heavy (non-hydrogen) atoms. The molecule has 1 atom stereocenters. The molecule has 1 unspecified atom stereocenters. The number of aliphatic carboxylic acids is 1. The molecule has 0 amide bonds. The minimum Gasteiger partial charge on any atom is -0.497 e. The predicted molar refractivity (Wildman–Crippen MR) is 70.6 cm³/mol. The summed E-state index contributed by atoms with van der Waals surface area (Å²) in [5, 5.41) is 8.93. The Morgan fingerprint density at radius 3 is 2.77 bits per heavy atom. The van der Waals surface area contributed by atoms with Crippen LogP contribution in [-0.4, -0.2) is 48.9 Å². The van der Waals surface area contributed by atoms with Gasteiger partial charge in [0.05, 0.1) is 19.3 Å². The molecule has 0 aliphatic carbocycles. The number of carboxylic acid groups (broad SMARTS) is 1. The van der Waals surface area contributed by atoms with Crippen molar-refractivity contribution in [1.29, 1.82) is 0 Å². The summed E-state index contributed by atoms with van der Waals surface area (Å²) in [6.45, 7) is 1.02. The lowest BCUT2D eigenvalue weighted by molar-refractivity contribution is -0.156. The van der Waals surface area contributed by atoms with E-state index in [2.05, 4.69) is 0 Å². The molecule has 0 aromatic heterocycles. The number of carbonyl (C=O) groups is 1. The fourth-order valence-electron chi connectivity index (χ4n) is 2.29. The molecule has 1 aliphatic heterocycles. The molecule has 5 nitrogen and oxygen atoms in total. The second-order valence-corrected chi connectivity index (χ2v) is 5.00. The van der Waals surface area contributed by atoms with Gasteiger partial charge in [-0.25, -0.2) is 4.79 Å². The Balaban J connectivity index is 2.16. The zero-order valence-electron chi connectivity index (χ0n) is 11.9. The third kappa shape index (κ3) is 4.11. The molecular weight excluding hydrogens is 303 g/mol. The van der Waals surface area contributed by atoms with Crippen molar-refractivity contribution in [2.45, 2.75) is 18.8 Å². The van der Waals surface area contributed by atoms with Gasteiger partial charge in [0.2, 0.25) is 0 Å². The van der Waals surface area contributed by atoms with Crippen LogP contribution in [0.4, 0.5) is 13.2 Å². The molecule has 1 heterocycles. The van der Waals surface area contributed by atoms with E-state index in [1.165, 1.54) is 13.2 Å². The number of benzene rings is 1. The topological polar surface area (TPSA) is 59.0 Å². The maximum absolute atomic E-state index is 12.9. The molecule has 122 valence electrons. The Hall–Kier alpha value is -1.80. The number of alkyl halides is 3. The summed E-state index contributed by atoms with van der Waals surface area (Å²) < 4.78 is 48.6. The molecule has 1 N–H and O–H groups in total. The highest BCUT2D eigenvalue weighted by Crippen LogP contribution is 2.33. The first-order valence-electron chi connectivity index (χ1n) is 6.61. The Morgan fingerprint density at radius 1 is 1.45 bits per heavy atom. The first kappa shape index (κ1) is 16.6. The number of hydrogen-bond acceptors (Lipinski definition) is 4. The quantitative estimate of drug-likeness (QED) is 0.920. The Kier molecular flexibility index (Phi) is 4.92. The summed E-state index contributed by atoms with van der Waals surface area (Å²) in [7, 11) is 1.30. The maximum atomic E-state index is 12.9. The van der Waals surface area contributed by atoms with Gasteiger partial charge in [0.25, 0.3) is 0 Å². The lowest BCUT2D eigenvalue weighted by atomic mass is 10.1. The van der Waals surface area contributed by atoms with Crippen molar-refractivity contribution in [3.05, 3.63) is 29.3 Å². The first-order valence-corrected chi connectivity index (χ1v) is 6.61. The highest BCUT2D eigenvalue weighted by Gasteiger charge is 2.32. The van der Waals surface area contributed by atoms with E-state index in [0.717, 1.165) is 12.1 Å². The van der Waals surface area contributed by atoms with Crippen LogP contribution in [0.2, 0.25) is 0 Å². The smallest absolute Gasteiger partial charge is 0.416 e. The van der Waals surface area contributed by atoms with Gasteiger partial charge < -0.3 is 14.6 Å². The summed E-state index contributed by atoms with van der Waals surface area (Å²) in [5.41, 5.74) is -0.373. The summed E-state index contributed by atoms with van der Waals surface area (Å²) in [4.78, 5) is 12.7. The summed E-state index contributed by atoms with van der Waals surface area (Å²) in [6, 6.07) is 3.50. The van der Waals surface area contributed by atoms with Crippen LogP contribution in [0.1, 0.15) is 11.1 Å². The summed E-state index contributed by atoms with van der Waals surface area (Å²) >= 11 is 0. The average molecular weight is 319 g/mol. The van der Waals surface area contributed by atoms with Gasteiger partial charge in [-0.2, -0.15) is 13.2 Å². The largest absolute Gasteiger partial charge is 0.497 e. The molecule has 0 saturated carbocycles. The van der Waals surface area contributed by atoms with Crippen molar-refractivity contribution in [1.82, 2.24) is 4.90 Å². The van der Waals surface area contributed by atoms with E-state index in [1.54, 1.807) is 4.90 Å². The second-order valence-electron chi connectivity index (χ2n) is 5.00. The molecular formula is C14H16F3NO4. The molecule has 8 heteroatoms. The van der Waals surface area contributed by atoms with E-state index < -0.39 is 23.8 Å². The molecule has 1 aromatic rings. The van der Waals surface area contributed by atoms with Crippen molar-refractivity contribution in [2.24, 2.45) is 0 Å². The Labute approximate surface area is 125 Å². The van der Waals surface area contributed by atoms with Crippen LogP contribution in [0.25, 0.3) is 0 Å². The highest BCUT2D eigenvalue weighted by molar-refractivity contribution is 5.72. The van der Waals surface area contributed by atoms with E-state index in [-0.39, 0.29) is 25.4 Å². The molecule has 1 saturated heterocycles. The lowest BCUT2D eigenvalue weighted by Crippen LogP contribution is -2.45. The standard InChI is InChI=1S/C14H16F3NO4/c1-21-11-5-9(4-10(6-11)14(15,16)17)7-18-2-3-22-12(8-18)13(19)20/h4-6,12H,2-3,7-8H2,1H3,(H,19,20). The number of morpholine rings is 1. The van der Waals surface area contributed by atoms with Gasteiger partial charge in [0, 0.05) is 19.6 Å². The number of hydrogen-bond donors (Lipinski definition) is 1. The molecule has 0 spiro atoms. The van der Waals surface area contributed by atoms with E-state index >= 15 is 0 Å². The van der Waals surface area contributed by atoms with Crippen LogP contribution in [0.15, 0.2) is 18.2 Å². The lowest BCUT2D eigenvalue weighted by Gasteiger charge is -2.31. The number of methoxy groups -OCH3 is 1. The Bertz CT molecular complexity index is 547. The van der Waals surface area contributed by atoms with Crippen molar-refractivity contribution < 1.29 is 32.5 Å². The summed E-state index contributed by atoms with van der Waals surface area (Å²) in [6.07, 6.45) is -5.42. The number of nitrogens with zero attached hydrogens (tertiary/aromatic N) is 1. The zero-order valence-corrected chi connectivity index (χ0v) is 11.9. The maximum Gasteiger partial charge on any atom is 0.416 e. The monoisotopic (exact) mass is 319 g/mol. The fourth-order valence-corrected chi connectivity index (χ4v) is 2.29. The molecule has 1 aliphatic rings. The SMILES string of the molecule is COc1cc(CN2CCOC(C(=O)O)C2)cc(C(F)(F)F)c1. The van der Waals surface area contributed by atoms with E-state index in [4.69, 9.17) is 14.6 Å². The van der Waals surface area contributed by atoms with Gasteiger partial charge in [-0.05, 0) is 23.8 Å².